The summed E-state index contributed by atoms with van der Waals surface area (Å²) in [5.41, 5.74) is 4.94. The predicted molar refractivity (Wildman–Crippen MR) is 66.9 cm³/mol. The number of nitrogens with one attached hydrogen (secondary N) is 1. The van der Waals surface area contributed by atoms with Crippen molar-refractivity contribution in [3.05, 3.63) is 41.7 Å². The molecule has 2 rings (SSSR count). The second-order valence-electron chi connectivity index (χ2n) is 3.83. The summed E-state index contributed by atoms with van der Waals surface area (Å²) in [6.07, 6.45) is 4.68. The number of benzene rings is 1. The van der Waals surface area contributed by atoms with Crippen LogP contribution in [0.2, 0.25) is 0 Å². The molecule has 1 aromatic heterocycles. The molecule has 3 heteroatoms. The molecule has 1 N–H and O–H groups in total. The first-order valence-electron chi connectivity index (χ1n) is 5.32. The quantitative estimate of drug-likeness (QED) is 0.779. The van der Waals surface area contributed by atoms with E-state index in [4.69, 9.17) is 0 Å². The summed E-state index contributed by atoms with van der Waals surface area (Å²) in [7, 11) is 0. The smallest absolute Gasteiger partial charge is 0.0565 e. The highest BCUT2D eigenvalue weighted by Gasteiger charge is 2.03. The average molecular weight is 213 g/mol. The third kappa shape index (κ3) is 2.19. The molecule has 0 bridgehead atoms. The maximum Gasteiger partial charge on any atom is 0.0565 e. The first-order valence-corrected chi connectivity index (χ1v) is 5.32. The Kier molecular flexibility index (Phi) is 3.15. The molecule has 0 unspecified atom stereocenters. The summed E-state index contributed by atoms with van der Waals surface area (Å²) in [4.78, 5) is 3.90. The fraction of sp³-hybridized carbons (Fsp3) is 0.231. The summed E-state index contributed by atoms with van der Waals surface area (Å²) < 4.78 is 0. The maximum atomic E-state index is 3.96. The van der Waals surface area contributed by atoms with Crippen molar-refractivity contribution in [2.45, 2.75) is 13.3 Å². The topological polar surface area (TPSA) is 41.0 Å². The van der Waals surface area contributed by atoms with Crippen molar-refractivity contribution in [2.24, 2.45) is 4.99 Å². The average Bonchev–Trinajstić information content (AvgIpc) is 2.81. The van der Waals surface area contributed by atoms with Gasteiger partial charge in [-0.1, -0.05) is 18.2 Å². The zero-order valence-corrected chi connectivity index (χ0v) is 9.40. The Morgan fingerprint density at radius 2 is 2.25 bits per heavy atom. The Bertz CT molecular complexity index is 472. The number of hydrogen-bond acceptors (Lipinski definition) is 2. The van der Waals surface area contributed by atoms with Gasteiger partial charge in [-0.2, -0.15) is 5.10 Å². The number of aryl methyl sites for hydroxylation is 1. The van der Waals surface area contributed by atoms with Crippen LogP contribution >= 0.6 is 0 Å². The van der Waals surface area contributed by atoms with Crippen molar-refractivity contribution in [1.82, 2.24) is 10.2 Å². The molecule has 0 amide bonds. The first-order chi connectivity index (χ1) is 7.81. The molecule has 0 aliphatic heterocycles. The fourth-order valence-electron chi connectivity index (χ4n) is 1.73. The van der Waals surface area contributed by atoms with Crippen LogP contribution < -0.4 is 0 Å². The van der Waals surface area contributed by atoms with E-state index in [0.717, 1.165) is 18.5 Å². The second kappa shape index (κ2) is 4.75. The molecule has 16 heavy (non-hydrogen) atoms. The second-order valence-corrected chi connectivity index (χ2v) is 3.83. The van der Waals surface area contributed by atoms with Gasteiger partial charge in [-0.15, -0.1) is 0 Å². The molecule has 0 fully saturated rings. The van der Waals surface area contributed by atoms with Crippen LogP contribution in [0, 0.1) is 6.92 Å². The van der Waals surface area contributed by atoms with Crippen LogP contribution in [0.15, 0.2) is 35.6 Å². The molecular formula is C13H15N3. The Hall–Kier alpha value is -1.90. The van der Waals surface area contributed by atoms with Gasteiger partial charge in [0.2, 0.25) is 0 Å². The Balaban J connectivity index is 2.31. The van der Waals surface area contributed by atoms with Gasteiger partial charge >= 0.3 is 0 Å². The van der Waals surface area contributed by atoms with Crippen LogP contribution in [0.5, 0.6) is 0 Å². The van der Waals surface area contributed by atoms with Gasteiger partial charge in [-0.05, 0) is 36.8 Å². The minimum atomic E-state index is 0.773. The maximum absolute atomic E-state index is 3.96. The third-order valence-corrected chi connectivity index (χ3v) is 2.72. The Labute approximate surface area is 95.2 Å². The zero-order valence-electron chi connectivity index (χ0n) is 9.40. The van der Waals surface area contributed by atoms with Gasteiger partial charge in [0, 0.05) is 18.3 Å². The standard InChI is InChI=1S/C13H15N3/c1-10-3-4-12(13-8-15-16-9-13)7-11(10)5-6-14-2/h3-4,7-9H,2,5-6H2,1H3,(H,15,16). The lowest BCUT2D eigenvalue weighted by Gasteiger charge is -2.06. The highest BCUT2D eigenvalue weighted by molar-refractivity contribution is 5.63. The van der Waals surface area contributed by atoms with Crippen LogP contribution in [0.25, 0.3) is 11.1 Å². The Morgan fingerprint density at radius 1 is 1.38 bits per heavy atom. The van der Waals surface area contributed by atoms with E-state index in [2.05, 4.69) is 47.0 Å². The van der Waals surface area contributed by atoms with E-state index in [-0.39, 0.29) is 0 Å². The largest absolute Gasteiger partial charge is 0.301 e. The van der Waals surface area contributed by atoms with Crippen LogP contribution in [0.3, 0.4) is 0 Å². The zero-order chi connectivity index (χ0) is 11.4. The molecule has 2 aromatic rings. The van der Waals surface area contributed by atoms with Crippen molar-refractivity contribution < 1.29 is 0 Å². The summed E-state index contributed by atoms with van der Waals surface area (Å²) in [5.74, 6) is 0. The highest BCUT2D eigenvalue weighted by Crippen LogP contribution is 2.21. The molecule has 0 aliphatic rings. The number of hydrogen-bond donors (Lipinski definition) is 1. The lowest BCUT2D eigenvalue weighted by atomic mass is 10.00. The normalized spacial score (nSPS) is 10.3. The van der Waals surface area contributed by atoms with E-state index in [0.29, 0.717) is 0 Å². The van der Waals surface area contributed by atoms with Gasteiger partial charge in [-0.25, -0.2) is 0 Å². The summed E-state index contributed by atoms with van der Waals surface area (Å²) >= 11 is 0. The lowest BCUT2D eigenvalue weighted by molar-refractivity contribution is 0.966. The van der Waals surface area contributed by atoms with Crippen LogP contribution in [-0.4, -0.2) is 23.5 Å². The van der Waals surface area contributed by atoms with Crippen molar-refractivity contribution in [2.75, 3.05) is 6.54 Å². The molecule has 0 radical (unpaired) electrons. The number of aromatic amines is 1. The molecule has 0 atom stereocenters. The van der Waals surface area contributed by atoms with Gasteiger partial charge < -0.3 is 4.99 Å². The summed E-state index contributed by atoms with van der Waals surface area (Å²) in [6.45, 7) is 6.41. The molecule has 0 spiro atoms. The number of aromatic nitrogens is 2. The van der Waals surface area contributed by atoms with Gasteiger partial charge in [0.05, 0.1) is 6.20 Å². The molecular weight excluding hydrogens is 198 g/mol. The van der Waals surface area contributed by atoms with Gasteiger partial charge in [-0.3, -0.25) is 5.10 Å². The van der Waals surface area contributed by atoms with E-state index in [9.17, 15) is 0 Å². The Morgan fingerprint density at radius 3 is 2.94 bits per heavy atom. The SMILES string of the molecule is C=NCCc1cc(-c2cn[nH]c2)ccc1C. The monoisotopic (exact) mass is 213 g/mol. The van der Waals surface area contributed by atoms with Crippen molar-refractivity contribution in [1.29, 1.82) is 0 Å². The van der Waals surface area contributed by atoms with Crippen molar-refractivity contribution >= 4 is 6.72 Å². The van der Waals surface area contributed by atoms with E-state index in [1.165, 1.54) is 16.7 Å². The van der Waals surface area contributed by atoms with Crippen LogP contribution in [0.4, 0.5) is 0 Å². The molecule has 82 valence electrons. The van der Waals surface area contributed by atoms with Gasteiger partial charge in [0.1, 0.15) is 0 Å². The number of H-pyrrole nitrogens is 1. The van der Waals surface area contributed by atoms with Gasteiger partial charge in [0.25, 0.3) is 0 Å². The summed E-state index contributed by atoms with van der Waals surface area (Å²) in [6, 6.07) is 6.46. The molecule has 0 aliphatic carbocycles. The predicted octanol–water partition coefficient (Wildman–Crippen LogP) is 2.63. The molecule has 1 heterocycles. The minimum Gasteiger partial charge on any atom is -0.301 e. The van der Waals surface area contributed by atoms with Crippen LogP contribution in [-0.2, 0) is 6.42 Å². The molecule has 0 saturated heterocycles. The molecule has 3 nitrogen and oxygen atoms in total. The molecule has 0 saturated carbocycles. The number of nitrogens with zero attached hydrogens (tertiary/aromatic N) is 2. The number of rotatable bonds is 4. The summed E-state index contributed by atoms with van der Waals surface area (Å²) in [5, 5.41) is 6.79. The number of aliphatic imine (C=N–C) groups is 1. The van der Waals surface area contributed by atoms with E-state index < -0.39 is 0 Å². The van der Waals surface area contributed by atoms with E-state index in [1.807, 2.05) is 12.4 Å². The van der Waals surface area contributed by atoms with E-state index >= 15 is 0 Å². The van der Waals surface area contributed by atoms with Crippen LogP contribution in [0.1, 0.15) is 11.1 Å². The van der Waals surface area contributed by atoms with Crippen molar-refractivity contribution in [3.8, 4) is 11.1 Å². The van der Waals surface area contributed by atoms with Gasteiger partial charge in [0.15, 0.2) is 0 Å². The lowest BCUT2D eigenvalue weighted by Crippen LogP contribution is -1.93. The third-order valence-electron chi connectivity index (χ3n) is 2.72. The minimum absolute atomic E-state index is 0.773. The molecule has 1 aromatic carbocycles. The first kappa shape index (κ1) is 10.6. The fourth-order valence-corrected chi connectivity index (χ4v) is 1.73. The van der Waals surface area contributed by atoms with Crippen molar-refractivity contribution in [3.63, 3.8) is 0 Å². The highest BCUT2D eigenvalue weighted by atomic mass is 15.1. The van der Waals surface area contributed by atoms with E-state index in [1.54, 1.807) is 0 Å².